The Labute approximate surface area is 133 Å². The lowest BCUT2D eigenvalue weighted by Crippen LogP contribution is -2.01. The molecule has 0 spiro atoms. The SMILES string of the molecule is Fc1ccc(Br)cc1COc1c(Br)cccc1CCl. The van der Waals surface area contributed by atoms with Crippen LogP contribution in [0.5, 0.6) is 5.75 Å². The van der Waals surface area contributed by atoms with Gasteiger partial charge in [0.25, 0.3) is 0 Å². The van der Waals surface area contributed by atoms with Crippen molar-refractivity contribution in [1.82, 2.24) is 0 Å². The molecule has 0 N–H and O–H groups in total. The topological polar surface area (TPSA) is 9.23 Å². The molecule has 100 valence electrons. The van der Waals surface area contributed by atoms with Gasteiger partial charge in [-0.2, -0.15) is 0 Å². The second-order valence-corrected chi connectivity index (χ2v) is 5.92. The summed E-state index contributed by atoms with van der Waals surface area (Å²) in [6.45, 7) is 0.151. The Morgan fingerprint density at radius 2 is 1.89 bits per heavy atom. The van der Waals surface area contributed by atoms with Gasteiger partial charge in [0.05, 0.1) is 10.4 Å². The summed E-state index contributed by atoms with van der Waals surface area (Å²) in [5, 5.41) is 0. The Morgan fingerprint density at radius 1 is 1.11 bits per heavy atom. The molecule has 0 aliphatic rings. The highest BCUT2D eigenvalue weighted by Crippen LogP contribution is 2.31. The van der Waals surface area contributed by atoms with Crippen molar-refractivity contribution in [2.45, 2.75) is 12.5 Å². The molecule has 5 heteroatoms. The molecule has 0 aliphatic carbocycles. The smallest absolute Gasteiger partial charge is 0.138 e. The van der Waals surface area contributed by atoms with Crippen molar-refractivity contribution in [1.29, 1.82) is 0 Å². The Bertz CT molecular complexity index is 590. The standard InChI is InChI=1S/C14H10Br2ClFO/c15-11-4-5-13(18)10(6-11)8-19-14-9(7-17)2-1-3-12(14)16/h1-6H,7-8H2. The molecule has 0 aromatic heterocycles. The van der Waals surface area contributed by atoms with Crippen LogP contribution in [-0.4, -0.2) is 0 Å². The quantitative estimate of drug-likeness (QED) is 0.593. The van der Waals surface area contributed by atoms with E-state index in [2.05, 4.69) is 31.9 Å². The lowest BCUT2D eigenvalue weighted by molar-refractivity contribution is 0.295. The highest BCUT2D eigenvalue weighted by molar-refractivity contribution is 9.10. The summed E-state index contributed by atoms with van der Waals surface area (Å²) < 4.78 is 20.9. The van der Waals surface area contributed by atoms with Crippen LogP contribution in [0.25, 0.3) is 0 Å². The zero-order valence-corrected chi connectivity index (χ0v) is 13.7. The summed E-state index contributed by atoms with van der Waals surface area (Å²) in [6.07, 6.45) is 0. The van der Waals surface area contributed by atoms with Gasteiger partial charge in [-0.1, -0.05) is 28.1 Å². The first-order valence-electron chi connectivity index (χ1n) is 5.52. The van der Waals surface area contributed by atoms with Crippen LogP contribution in [0.3, 0.4) is 0 Å². The van der Waals surface area contributed by atoms with E-state index in [-0.39, 0.29) is 12.4 Å². The molecular weight excluding hydrogens is 398 g/mol. The number of rotatable bonds is 4. The van der Waals surface area contributed by atoms with Gasteiger partial charge in [-0.25, -0.2) is 4.39 Å². The summed E-state index contributed by atoms with van der Waals surface area (Å²) in [5.41, 5.74) is 1.36. The average molecular weight is 408 g/mol. The number of benzene rings is 2. The van der Waals surface area contributed by atoms with E-state index in [0.29, 0.717) is 17.2 Å². The number of para-hydroxylation sites is 1. The summed E-state index contributed by atoms with van der Waals surface area (Å²) in [5.74, 6) is 0.704. The molecule has 2 rings (SSSR count). The van der Waals surface area contributed by atoms with E-state index < -0.39 is 0 Å². The third-order valence-corrected chi connectivity index (χ3v) is 3.98. The summed E-state index contributed by atoms with van der Waals surface area (Å²) in [4.78, 5) is 0. The zero-order chi connectivity index (χ0) is 13.8. The Kier molecular flexibility index (Phi) is 5.25. The van der Waals surface area contributed by atoms with Crippen LogP contribution >= 0.6 is 43.5 Å². The molecule has 0 atom stereocenters. The van der Waals surface area contributed by atoms with Gasteiger partial charge >= 0.3 is 0 Å². The Hall–Kier alpha value is -0.580. The summed E-state index contributed by atoms with van der Waals surface area (Å²) >= 11 is 12.6. The molecule has 2 aromatic carbocycles. The fourth-order valence-electron chi connectivity index (χ4n) is 1.62. The molecule has 19 heavy (non-hydrogen) atoms. The molecule has 0 unspecified atom stereocenters. The highest BCUT2D eigenvalue weighted by Gasteiger charge is 2.09. The molecule has 1 nitrogen and oxygen atoms in total. The number of ether oxygens (including phenoxy) is 1. The summed E-state index contributed by atoms with van der Waals surface area (Å²) in [7, 11) is 0. The van der Waals surface area contributed by atoms with Crippen LogP contribution in [0.1, 0.15) is 11.1 Å². The van der Waals surface area contributed by atoms with Crippen LogP contribution in [0.2, 0.25) is 0 Å². The van der Waals surface area contributed by atoms with Gasteiger partial charge in [-0.05, 0) is 40.2 Å². The van der Waals surface area contributed by atoms with E-state index in [0.717, 1.165) is 14.5 Å². The highest BCUT2D eigenvalue weighted by atomic mass is 79.9. The van der Waals surface area contributed by atoms with Gasteiger partial charge in [0.2, 0.25) is 0 Å². The molecule has 0 bridgehead atoms. The maximum absolute atomic E-state index is 13.6. The first kappa shape index (κ1) is 14.8. The molecule has 0 heterocycles. The molecule has 0 saturated heterocycles. The minimum Gasteiger partial charge on any atom is -0.487 e. The van der Waals surface area contributed by atoms with E-state index in [9.17, 15) is 4.39 Å². The van der Waals surface area contributed by atoms with E-state index in [4.69, 9.17) is 16.3 Å². The summed E-state index contributed by atoms with van der Waals surface area (Å²) in [6, 6.07) is 10.4. The first-order valence-corrected chi connectivity index (χ1v) is 7.64. The Morgan fingerprint density at radius 3 is 2.63 bits per heavy atom. The average Bonchev–Trinajstić information content (AvgIpc) is 2.40. The third kappa shape index (κ3) is 3.71. The normalized spacial score (nSPS) is 10.5. The lowest BCUT2D eigenvalue weighted by atomic mass is 10.2. The van der Waals surface area contributed by atoms with Crippen LogP contribution < -0.4 is 4.74 Å². The van der Waals surface area contributed by atoms with Crippen LogP contribution in [0, 0.1) is 5.82 Å². The third-order valence-electron chi connectivity index (χ3n) is 2.57. The van der Waals surface area contributed by atoms with Gasteiger partial charge in [0, 0.05) is 15.6 Å². The second kappa shape index (κ2) is 6.73. The van der Waals surface area contributed by atoms with Crippen molar-refractivity contribution in [3.8, 4) is 5.75 Å². The van der Waals surface area contributed by atoms with E-state index in [1.807, 2.05) is 18.2 Å². The fourth-order valence-corrected chi connectivity index (χ4v) is 2.76. The number of halogens is 4. The van der Waals surface area contributed by atoms with Gasteiger partial charge in [0.15, 0.2) is 0 Å². The fraction of sp³-hybridized carbons (Fsp3) is 0.143. The number of alkyl halides is 1. The molecule has 0 amide bonds. The predicted octanol–water partition coefficient (Wildman–Crippen LogP) is 5.67. The van der Waals surface area contributed by atoms with Crippen molar-refractivity contribution >= 4 is 43.5 Å². The van der Waals surface area contributed by atoms with E-state index >= 15 is 0 Å². The van der Waals surface area contributed by atoms with Gasteiger partial charge in [0.1, 0.15) is 18.2 Å². The maximum atomic E-state index is 13.6. The zero-order valence-electron chi connectivity index (χ0n) is 9.80. The van der Waals surface area contributed by atoms with Gasteiger partial charge < -0.3 is 4.74 Å². The molecular formula is C14H10Br2ClFO. The van der Waals surface area contributed by atoms with Gasteiger partial charge in [-0.3, -0.25) is 0 Å². The molecule has 0 aliphatic heterocycles. The van der Waals surface area contributed by atoms with Crippen molar-refractivity contribution < 1.29 is 9.13 Å². The monoisotopic (exact) mass is 406 g/mol. The van der Waals surface area contributed by atoms with Crippen LogP contribution in [0.15, 0.2) is 45.3 Å². The van der Waals surface area contributed by atoms with E-state index in [1.54, 1.807) is 12.1 Å². The number of hydrogen-bond donors (Lipinski definition) is 0. The molecule has 0 fully saturated rings. The minimum atomic E-state index is -0.289. The lowest BCUT2D eigenvalue weighted by Gasteiger charge is -2.12. The second-order valence-electron chi connectivity index (χ2n) is 3.89. The number of hydrogen-bond acceptors (Lipinski definition) is 1. The van der Waals surface area contributed by atoms with E-state index in [1.165, 1.54) is 6.07 Å². The van der Waals surface area contributed by atoms with Crippen molar-refractivity contribution in [3.05, 3.63) is 62.3 Å². The molecule has 2 aromatic rings. The van der Waals surface area contributed by atoms with Crippen molar-refractivity contribution in [2.24, 2.45) is 0 Å². The minimum absolute atomic E-state index is 0.151. The van der Waals surface area contributed by atoms with Crippen LogP contribution in [-0.2, 0) is 12.5 Å². The van der Waals surface area contributed by atoms with Crippen molar-refractivity contribution in [3.63, 3.8) is 0 Å². The largest absolute Gasteiger partial charge is 0.487 e. The van der Waals surface area contributed by atoms with Gasteiger partial charge in [-0.15, -0.1) is 11.6 Å². The first-order chi connectivity index (χ1) is 9.11. The predicted molar refractivity (Wildman–Crippen MR) is 82.1 cm³/mol. The van der Waals surface area contributed by atoms with Crippen LogP contribution in [0.4, 0.5) is 4.39 Å². The molecule has 0 radical (unpaired) electrons. The maximum Gasteiger partial charge on any atom is 0.138 e. The van der Waals surface area contributed by atoms with Crippen molar-refractivity contribution in [2.75, 3.05) is 0 Å². The Balaban J connectivity index is 2.21. The molecule has 0 saturated carbocycles.